The Morgan fingerprint density at radius 3 is 2.45 bits per heavy atom. The van der Waals surface area contributed by atoms with E-state index in [1.54, 1.807) is 0 Å². The summed E-state index contributed by atoms with van der Waals surface area (Å²) in [6, 6.07) is -0.0945. The lowest BCUT2D eigenvalue weighted by Crippen LogP contribution is -2.51. The summed E-state index contributed by atoms with van der Waals surface area (Å²) in [6.07, 6.45) is 0. The third-order valence-corrected chi connectivity index (χ3v) is 2.04. The van der Waals surface area contributed by atoms with Gasteiger partial charge in [0.2, 0.25) is 0 Å². The molecule has 0 amide bonds. The van der Waals surface area contributed by atoms with E-state index in [9.17, 15) is 0 Å². The molecule has 0 aromatic carbocycles. The number of hydrogen-bond acceptors (Lipinski definition) is 2. The predicted octanol–water partition coefficient (Wildman–Crippen LogP) is 0.612. The minimum atomic E-state index is -0.0945. The van der Waals surface area contributed by atoms with Crippen LogP contribution < -0.4 is 0 Å². The first kappa shape index (κ1) is 9.08. The van der Waals surface area contributed by atoms with Gasteiger partial charge in [-0.25, -0.2) is 0 Å². The van der Waals surface area contributed by atoms with E-state index in [1.807, 2.05) is 0 Å². The monoisotopic (exact) mass is 153 g/mol. The number of nitrogens with zero attached hydrogens (tertiary/aromatic N) is 1. The molecule has 1 rings (SSSR count). The van der Waals surface area contributed by atoms with Gasteiger partial charge >= 0.3 is 0 Å². The number of ether oxygens (including phenoxy) is 1. The van der Waals surface area contributed by atoms with Crippen LogP contribution in [-0.4, -0.2) is 44.0 Å². The molecule has 2 nitrogen and oxygen atoms in total. The highest BCUT2D eigenvalue weighted by Gasteiger charge is 2.25. The van der Waals surface area contributed by atoms with Gasteiger partial charge in [0.25, 0.3) is 0 Å². The van der Waals surface area contributed by atoms with Crippen molar-refractivity contribution in [1.82, 2.24) is 4.90 Å². The van der Waals surface area contributed by atoms with E-state index >= 15 is 0 Å². The molecule has 1 fully saturated rings. The van der Waals surface area contributed by atoms with Crippen LogP contribution in [0.5, 0.6) is 0 Å². The molecule has 1 heterocycles. The molecule has 1 atom stereocenters. The van der Waals surface area contributed by atoms with Crippen LogP contribution in [0, 0.1) is 0 Å². The van der Waals surface area contributed by atoms with E-state index in [0.29, 0.717) is 0 Å². The minimum absolute atomic E-state index is 0.0945. The highest BCUT2D eigenvalue weighted by Crippen LogP contribution is 2.15. The van der Waals surface area contributed by atoms with Gasteiger partial charge in [-0.1, -0.05) is 0 Å². The molecule has 0 saturated carbocycles. The summed E-state index contributed by atoms with van der Waals surface area (Å²) in [4.78, 5) is 2.35. The van der Waals surface area contributed by atoms with Crippen molar-refractivity contribution in [2.45, 2.75) is 32.3 Å². The maximum absolute atomic E-state index is 5.66. The Bertz CT molecular complexity index is 133. The van der Waals surface area contributed by atoms with E-state index in [2.05, 4.69) is 25.7 Å². The van der Waals surface area contributed by atoms with Crippen molar-refractivity contribution in [2.24, 2.45) is 0 Å². The molecule has 0 aromatic heterocycles. The van der Waals surface area contributed by atoms with Crippen molar-refractivity contribution in [3.05, 3.63) is 0 Å². The first-order valence-electron chi connectivity index (χ1n) is 4.12. The normalized spacial score (nSPS) is 28.8. The van der Waals surface area contributed by atoms with Crippen LogP contribution in [0.2, 0.25) is 0 Å². The summed E-state index contributed by atoms with van der Waals surface area (Å²) >= 11 is 0. The molecular weight excluding hydrogens is 137 g/mol. The van der Waals surface area contributed by atoms with Crippen molar-refractivity contribution in [3.63, 3.8) is 0 Å². The Kier molecular flexibility index (Phi) is 2.60. The second kappa shape index (κ2) is 3.15. The predicted molar refractivity (Wildman–Crippen MR) is 46.8 cm³/mol. The summed E-state index contributed by atoms with van der Waals surface area (Å²) in [5.74, 6) is 0. The van der Waals surface area contributed by atoms with Crippen molar-refractivity contribution in [2.75, 3.05) is 19.7 Å². The average molecular weight is 153 g/mol. The zero-order chi connectivity index (χ0) is 8.48. The lowest BCUT2D eigenvalue weighted by atomic mass is 9.95. The fraction of sp³-hybridized carbons (Fsp3) is 1.00. The standard InChI is InChI=1S/C8H16BNO/c1-8(2,3)10-4-5-11-7(9)6-10/h7H,4-6H2,1-3H3. The topological polar surface area (TPSA) is 12.5 Å². The number of hydrogen-bond donors (Lipinski definition) is 0. The molecule has 0 spiro atoms. The molecule has 1 saturated heterocycles. The molecular formula is C8H16BNO. The molecule has 0 aromatic rings. The average Bonchev–Trinajstić information content (AvgIpc) is 1.86. The first-order valence-corrected chi connectivity index (χ1v) is 4.12. The van der Waals surface area contributed by atoms with Gasteiger partial charge in [0, 0.05) is 24.6 Å². The molecule has 62 valence electrons. The quantitative estimate of drug-likeness (QED) is 0.473. The highest BCUT2D eigenvalue weighted by atomic mass is 16.5. The molecule has 3 heteroatoms. The third-order valence-electron chi connectivity index (χ3n) is 2.04. The van der Waals surface area contributed by atoms with E-state index in [1.165, 1.54) is 0 Å². The summed E-state index contributed by atoms with van der Waals surface area (Å²) < 4.78 is 5.24. The van der Waals surface area contributed by atoms with Gasteiger partial charge in [0.1, 0.15) is 7.85 Å². The Morgan fingerprint density at radius 2 is 2.09 bits per heavy atom. The Balaban J connectivity index is 2.46. The SMILES string of the molecule is [B]C1CN(C(C)(C)C)CCO1. The first-order chi connectivity index (χ1) is 5.00. The van der Waals surface area contributed by atoms with Gasteiger partial charge in [0.05, 0.1) is 6.61 Å². The van der Waals surface area contributed by atoms with Crippen molar-refractivity contribution in [1.29, 1.82) is 0 Å². The van der Waals surface area contributed by atoms with Gasteiger partial charge in [-0.05, 0) is 20.8 Å². The molecule has 2 radical (unpaired) electrons. The Morgan fingerprint density at radius 1 is 1.45 bits per heavy atom. The van der Waals surface area contributed by atoms with Crippen LogP contribution in [0.4, 0.5) is 0 Å². The highest BCUT2D eigenvalue weighted by molar-refractivity contribution is 6.11. The Hall–Kier alpha value is -0.0151. The lowest BCUT2D eigenvalue weighted by Gasteiger charge is -2.40. The summed E-state index contributed by atoms with van der Waals surface area (Å²) in [5.41, 5.74) is 0.224. The van der Waals surface area contributed by atoms with Crippen molar-refractivity contribution >= 4 is 7.85 Å². The minimum Gasteiger partial charge on any atom is -0.385 e. The van der Waals surface area contributed by atoms with Gasteiger partial charge in [-0.15, -0.1) is 0 Å². The van der Waals surface area contributed by atoms with Crippen LogP contribution in [0.3, 0.4) is 0 Å². The molecule has 0 N–H and O–H groups in total. The lowest BCUT2D eigenvalue weighted by molar-refractivity contribution is -0.0233. The maximum Gasteiger partial charge on any atom is 0.110 e. The van der Waals surface area contributed by atoms with Crippen molar-refractivity contribution in [3.8, 4) is 0 Å². The fourth-order valence-corrected chi connectivity index (χ4v) is 1.28. The van der Waals surface area contributed by atoms with Gasteiger partial charge in [0.15, 0.2) is 0 Å². The van der Waals surface area contributed by atoms with Crippen LogP contribution in [0.15, 0.2) is 0 Å². The maximum atomic E-state index is 5.66. The fourth-order valence-electron chi connectivity index (χ4n) is 1.28. The van der Waals surface area contributed by atoms with E-state index in [-0.39, 0.29) is 11.5 Å². The molecule has 0 bridgehead atoms. The van der Waals surface area contributed by atoms with E-state index in [0.717, 1.165) is 19.7 Å². The van der Waals surface area contributed by atoms with E-state index < -0.39 is 0 Å². The van der Waals surface area contributed by atoms with Gasteiger partial charge < -0.3 is 4.74 Å². The summed E-state index contributed by atoms with van der Waals surface area (Å²) in [5, 5.41) is 0. The van der Waals surface area contributed by atoms with Crippen LogP contribution in [0.1, 0.15) is 20.8 Å². The summed E-state index contributed by atoms with van der Waals surface area (Å²) in [6.45, 7) is 9.21. The van der Waals surface area contributed by atoms with Crippen LogP contribution in [0.25, 0.3) is 0 Å². The largest absolute Gasteiger partial charge is 0.385 e. The molecule has 11 heavy (non-hydrogen) atoms. The second-order valence-electron chi connectivity index (χ2n) is 4.03. The zero-order valence-electron chi connectivity index (χ0n) is 7.63. The van der Waals surface area contributed by atoms with Crippen molar-refractivity contribution < 1.29 is 4.74 Å². The van der Waals surface area contributed by atoms with Gasteiger partial charge in [-0.3, -0.25) is 4.90 Å². The molecule has 1 aliphatic heterocycles. The Labute approximate surface area is 70.3 Å². The smallest absolute Gasteiger partial charge is 0.110 e. The molecule has 1 aliphatic rings. The van der Waals surface area contributed by atoms with Crippen LogP contribution >= 0.6 is 0 Å². The second-order valence-corrected chi connectivity index (χ2v) is 4.03. The number of rotatable bonds is 0. The summed E-state index contributed by atoms with van der Waals surface area (Å²) in [7, 11) is 5.66. The van der Waals surface area contributed by atoms with E-state index in [4.69, 9.17) is 12.6 Å². The van der Waals surface area contributed by atoms with Crippen LogP contribution in [-0.2, 0) is 4.74 Å². The third kappa shape index (κ3) is 2.49. The zero-order valence-corrected chi connectivity index (χ0v) is 7.63. The molecule has 1 unspecified atom stereocenters. The number of morpholine rings is 1. The van der Waals surface area contributed by atoms with Gasteiger partial charge in [-0.2, -0.15) is 0 Å². The molecule has 0 aliphatic carbocycles.